The van der Waals surface area contributed by atoms with Crippen molar-refractivity contribution < 1.29 is 0 Å². The molecule has 5 nitrogen and oxygen atoms in total. The summed E-state index contributed by atoms with van der Waals surface area (Å²) in [6.07, 6.45) is 0. The van der Waals surface area contributed by atoms with Gasteiger partial charge >= 0.3 is 0 Å². The number of nitrogen functional groups attached to an aromatic ring is 1. The van der Waals surface area contributed by atoms with Crippen molar-refractivity contribution >= 4 is 33.7 Å². The lowest BCUT2D eigenvalue weighted by molar-refractivity contribution is 0.532. The summed E-state index contributed by atoms with van der Waals surface area (Å²) in [4.78, 5) is 11.4. The maximum absolute atomic E-state index is 6.17. The quantitative estimate of drug-likeness (QED) is 0.803. The molecular formula is C17H23N5. The van der Waals surface area contributed by atoms with Crippen LogP contribution in [0.1, 0.15) is 20.8 Å². The average Bonchev–Trinajstić information content (AvgIpc) is 2.86. The molecule has 0 spiro atoms. The lowest BCUT2D eigenvalue weighted by atomic mass is 10.1. The molecule has 0 saturated carbocycles. The largest absolute Gasteiger partial charge is 0.382 e. The summed E-state index contributed by atoms with van der Waals surface area (Å²) in [6.45, 7) is 8.36. The molecule has 0 amide bonds. The first-order chi connectivity index (χ1) is 10.5. The summed E-state index contributed by atoms with van der Waals surface area (Å²) in [5, 5.41) is 1.11. The van der Waals surface area contributed by atoms with E-state index in [1.807, 2.05) is 18.2 Å². The second-order valence-corrected chi connectivity index (χ2v) is 6.14. The Kier molecular flexibility index (Phi) is 3.64. The Bertz CT molecular complexity index is 819. The van der Waals surface area contributed by atoms with Crippen LogP contribution in [0.4, 0.5) is 11.8 Å². The van der Waals surface area contributed by atoms with Gasteiger partial charge in [-0.2, -0.15) is 0 Å². The molecule has 3 rings (SSSR count). The highest BCUT2D eigenvalue weighted by Crippen LogP contribution is 2.32. The van der Waals surface area contributed by atoms with Gasteiger partial charge in [0.25, 0.3) is 0 Å². The molecule has 2 aromatic heterocycles. The molecule has 0 aliphatic rings. The standard InChI is InChI=1S/C17H23N5/c1-5-21(4)17-20-14-15(22(17)10-11(2)3)12-8-6-7-9-13(12)19-16(14)18/h6-9,11H,5,10H2,1-4H3,(H2,18,19). The third-order valence-corrected chi connectivity index (χ3v) is 3.95. The molecule has 0 atom stereocenters. The van der Waals surface area contributed by atoms with Gasteiger partial charge in [0, 0.05) is 25.5 Å². The third-order valence-electron chi connectivity index (χ3n) is 3.95. The van der Waals surface area contributed by atoms with Crippen molar-refractivity contribution in [3.63, 3.8) is 0 Å². The highest BCUT2D eigenvalue weighted by atomic mass is 15.3. The fraction of sp³-hybridized carbons (Fsp3) is 0.412. The molecule has 5 heteroatoms. The molecule has 0 bridgehead atoms. The summed E-state index contributed by atoms with van der Waals surface area (Å²) in [5.41, 5.74) is 8.98. The number of nitrogens with zero attached hydrogens (tertiary/aromatic N) is 4. The molecule has 116 valence electrons. The predicted octanol–water partition coefficient (Wildman–Crippen LogP) is 3.28. The number of aromatic nitrogens is 3. The van der Waals surface area contributed by atoms with Gasteiger partial charge in [-0.15, -0.1) is 0 Å². The molecule has 0 aliphatic carbocycles. The summed E-state index contributed by atoms with van der Waals surface area (Å²) >= 11 is 0. The second-order valence-electron chi connectivity index (χ2n) is 6.14. The van der Waals surface area contributed by atoms with Gasteiger partial charge in [0.2, 0.25) is 5.95 Å². The maximum atomic E-state index is 6.17. The number of hydrogen-bond acceptors (Lipinski definition) is 4. The van der Waals surface area contributed by atoms with E-state index in [1.54, 1.807) is 0 Å². The molecule has 0 saturated heterocycles. The molecule has 0 unspecified atom stereocenters. The summed E-state index contributed by atoms with van der Waals surface area (Å²) in [5.74, 6) is 1.98. The van der Waals surface area contributed by atoms with E-state index in [0.29, 0.717) is 11.7 Å². The molecule has 3 aromatic rings. The van der Waals surface area contributed by atoms with Crippen LogP contribution in [0, 0.1) is 5.92 Å². The van der Waals surface area contributed by atoms with Crippen molar-refractivity contribution in [3.05, 3.63) is 24.3 Å². The number of anilines is 2. The lowest BCUT2D eigenvalue weighted by Crippen LogP contribution is -2.21. The molecular weight excluding hydrogens is 274 g/mol. The first-order valence-corrected chi connectivity index (χ1v) is 7.78. The zero-order valence-corrected chi connectivity index (χ0v) is 13.7. The third kappa shape index (κ3) is 2.26. The van der Waals surface area contributed by atoms with Crippen molar-refractivity contribution in [2.75, 3.05) is 24.2 Å². The normalized spacial score (nSPS) is 11.7. The lowest BCUT2D eigenvalue weighted by Gasteiger charge is -2.19. The smallest absolute Gasteiger partial charge is 0.206 e. The Morgan fingerprint density at radius 1 is 1.23 bits per heavy atom. The van der Waals surface area contributed by atoms with E-state index in [4.69, 9.17) is 10.7 Å². The van der Waals surface area contributed by atoms with E-state index in [0.717, 1.165) is 41.0 Å². The van der Waals surface area contributed by atoms with E-state index < -0.39 is 0 Å². The van der Waals surface area contributed by atoms with Crippen LogP contribution in [-0.2, 0) is 6.54 Å². The van der Waals surface area contributed by atoms with Crippen LogP contribution in [-0.4, -0.2) is 28.1 Å². The van der Waals surface area contributed by atoms with Crippen LogP contribution in [0.25, 0.3) is 21.9 Å². The van der Waals surface area contributed by atoms with Gasteiger partial charge in [0.15, 0.2) is 5.82 Å². The Balaban J connectivity index is 2.42. The van der Waals surface area contributed by atoms with Crippen LogP contribution < -0.4 is 10.6 Å². The number of nitrogens with two attached hydrogens (primary N) is 1. The number of para-hydroxylation sites is 1. The SMILES string of the molecule is CCN(C)c1nc2c(N)nc3ccccc3c2n1CC(C)C. The summed E-state index contributed by atoms with van der Waals surface area (Å²) < 4.78 is 2.28. The van der Waals surface area contributed by atoms with Crippen molar-refractivity contribution in [2.45, 2.75) is 27.3 Å². The number of fused-ring (bicyclic) bond motifs is 3. The zero-order valence-electron chi connectivity index (χ0n) is 13.7. The summed E-state index contributed by atoms with van der Waals surface area (Å²) in [6, 6.07) is 8.12. The van der Waals surface area contributed by atoms with E-state index in [9.17, 15) is 0 Å². The van der Waals surface area contributed by atoms with Gasteiger partial charge in [0.05, 0.1) is 11.0 Å². The Morgan fingerprint density at radius 2 is 1.95 bits per heavy atom. The fourth-order valence-corrected chi connectivity index (χ4v) is 2.82. The van der Waals surface area contributed by atoms with Gasteiger partial charge in [-0.3, -0.25) is 0 Å². The van der Waals surface area contributed by atoms with Gasteiger partial charge in [-0.1, -0.05) is 32.0 Å². The Morgan fingerprint density at radius 3 is 2.64 bits per heavy atom. The summed E-state index contributed by atoms with van der Waals surface area (Å²) in [7, 11) is 2.06. The molecule has 0 radical (unpaired) electrons. The van der Waals surface area contributed by atoms with Crippen LogP contribution in [0.3, 0.4) is 0 Å². The molecule has 0 aliphatic heterocycles. The van der Waals surface area contributed by atoms with Crippen LogP contribution in [0.5, 0.6) is 0 Å². The minimum Gasteiger partial charge on any atom is -0.382 e. The number of benzene rings is 1. The van der Waals surface area contributed by atoms with Crippen molar-refractivity contribution in [3.8, 4) is 0 Å². The molecule has 22 heavy (non-hydrogen) atoms. The van der Waals surface area contributed by atoms with Crippen LogP contribution >= 0.6 is 0 Å². The predicted molar refractivity (Wildman–Crippen MR) is 93.2 cm³/mol. The first-order valence-electron chi connectivity index (χ1n) is 7.78. The van der Waals surface area contributed by atoms with Crippen molar-refractivity contribution in [1.29, 1.82) is 0 Å². The Hall–Kier alpha value is -2.30. The monoisotopic (exact) mass is 297 g/mol. The van der Waals surface area contributed by atoms with Gasteiger partial charge in [-0.25, -0.2) is 9.97 Å². The number of pyridine rings is 1. The minimum atomic E-state index is 0.502. The van der Waals surface area contributed by atoms with E-state index in [1.165, 1.54) is 0 Å². The van der Waals surface area contributed by atoms with Gasteiger partial charge in [-0.05, 0) is 18.9 Å². The molecule has 1 aromatic carbocycles. The van der Waals surface area contributed by atoms with E-state index in [2.05, 4.69) is 48.3 Å². The van der Waals surface area contributed by atoms with Crippen molar-refractivity contribution in [2.24, 2.45) is 5.92 Å². The van der Waals surface area contributed by atoms with Crippen molar-refractivity contribution in [1.82, 2.24) is 14.5 Å². The first kappa shape index (κ1) is 14.6. The minimum absolute atomic E-state index is 0.502. The Labute approximate surface area is 130 Å². The topological polar surface area (TPSA) is 60.0 Å². The highest BCUT2D eigenvalue weighted by molar-refractivity contribution is 6.07. The highest BCUT2D eigenvalue weighted by Gasteiger charge is 2.19. The number of rotatable bonds is 4. The fourth-order valence-electron chi connectivity index (χ4n) is 2.82. The molecule has 2 heterocycles. The van der Waals surface area contributed by atoms with Crippen LogP contribution in [0.2, 0.25) is 0 Å². The number of hydrogen-bond donors (Lipinski definition) is 1. The van der Waals surface area contributed by atoms with E-state index >= 15 is 0 Å². The maximum Gasteiger partial charge on any atom is 0.206 e. The van der Waals surface area contributed by atoms with Gasteiger partial charge < -0.3 is 15.2 Å². The van der Waals surface area contributed by atoms with Gasteiger partial charge in [0.1, 0.15) is 5.52 Å². The molecule has 2 N–H and O–H groups in total. The van der Waals surface area contributed by atoms with Crippen LogP contribution in [0.15, 0.2) is 24.3 Å². The zero-order chi connectivity index (χ0) is 15.9. The second kappa shape index (κ2) is 5.48. The number of imidazole rings is 1. The van der Waals surface area contributed by atoms with E-state index in [-0.39, 0.29) is 0 Å². The average molecular weight is 297 g/mol. The molecule has 0 fully saturated rings.